The molecule has 0 aromatic carbocycles. The van der Waals surface area contributed by atoms with E-state index in [-0.39, 0.29) is 5.91 Å². The van der Waals surface area contributed by atoms with E-state index in [4.69, 9.17) is 11.6 Å². The van der Waals surface area contributed by atoms with Crippen molar-refractivity contribution in [3.8, 4) is 0 Å². The fraction of sp³-hybridized carbons (Fsp3) is 0.714. The molecule has 0 aliphatic heterocycles. The smallest absolute Gasteiger partial charge is 0.275 e. The molecule has 0 unspecified atom stereocenters. The third-order valence-electron chi connectivity index (χ3n) is 1.33. The number of carbonyl (C=O) groups excluding carboxylic acids is 2. The van der Waals surface area contributed by atoms with Gasteiger partial charge in [0.15, 0.2) is 0 Å². The Bertz CT molecular complexity index is 145. The predicted octanol–water partition coefficient (Wildman–Crippen LogP) is 1.99. The Hall–Kier alpha value is -0.570. The minimum Gasteiger partial charge on any atom is -0.275 e. The summed E-state index contributed by atoms with van der Waals surface area (Å²) in [4.78, 5) is 22.3. The van der Waals surface area contributed by atoms with Crippen LogP contribution in [0.25, 0.3) is 0 Å². The van der Waals surface area contributed by atoms with Gasteiger partial charge in [-0.1, -0.05) is 13.3 Å². The number of carbonyl (C=O) groups is 2. The van der Waals surface area contributed by atoms with Crippen molar-refractivity contribution >= 4 is 22.9 Å². The van der Waals surface area contributed by atoms with Crippen molar-refractivity contribution in [3.05, 3.63) is 0 Å². The first-order valence-corrected chi connectivity index (χ1v) is 3.95. The summed E-state index contributed by atoms with van der Waals surface area (Å²) in [6.45, 7) is 3.74. The number of rotatable bonds is 3. The van der Waals surface area contributed by atoms with Crippen LogP contribution in [0.1, 0.15) is 26.7 Å². The molecule has 0 heterocycles. The largest absolute Gasteiger partial charge is 0.323 e. The molecule has 0 spiro atoms. The summed E-state index contributed by atoms with van der Waals surface area (Å²) in [6.07, 6.45) is 1.74. The van der Waals surface area contributed by atoms with Crippen LogP contribution >= 0.6 is 11.6 Å². The maximum absolute atomic E-state index is 10.7. The second-order valence-corrected chi connectivity index (χ2v) is 2.60. The monoisotopic (exact) mass is 177 g/mol. The van der Waals surface area contributed by atoms with Crippen LogP contribution in [0.3, 0.4) is 0 Å². The van der Waals surface area contributed by atoms with Crippen LogP contribution in [-0.2, 0) is 4.79 Å². The lowest BCUT2D eigenvalue weighted by atomic mass is 10.3. The lowest BCUT2D eigenvalue weighted by molar-refractivity contribution is -0.125. The molecule has 0 N–H and O–H groups in total. The summed E-state index contributed by atoms with van der Waals surface area (Å²) >= 11 is 5.14. The zero-order valence-corrected chi connectivity index (χ0v) is 7.52. The highest BCUT2D eigenvalue weighted by molar-refractivity contribution is 6.63. The molecule has 0 aromatic rings. The fourth-order valence-corrected chi connectivity index (χ4v) is 0.889. The van der Waals surface area contributed by atoms with Gasteiger partial charge in [0.25, 0.3) is 0 Å². The summed E-state index contributed by atoms with van der Waals surface area (Å²) in [7, 11) is 0. The van der Waals surface area contributed by atoms with Crippen molar-refractivity contribution in [2.24, 2.45) is 0 Å². The Kier molecular flexibility index (Phi) is 4.86. The predicted molar refractivity (Wildman–Crippen MR) is 43.5 cm³/mol. The van der Waals surface area contributed by atoms with Gasteiger partial charge in [0, 0.05) is 13.5 Å². The average molecular weight is 178 g/mol. The second-order valence-electron chi connectivity index (χ2n) is 2.28. The van der Waals surface area contributed by atoms with E-state index in [1.165, 1.54) is 6.92 Å². The average Bonchev–Trinajstić information content (AvgIpc) is 1.87. The van der Waals surface area contributed by atoms with E-state index in [1.807, 2.05) is 6.92 Å². The molecule has 0 rings (SSSR count). The molecule has 4 heteroatoms. The molecule has 0 aliphatic rings. The third kappa shape index (κ3) is 3.98. The van der Waals surface area contributed by atoms with Crippen LogP contribution in [0.15, 0.2) is 0 Å². The van der Waals surface area contributed by atoms with Crippen molar-refractivity contribution < 1.29 is 9.59 Å². The van der Waals surface area contributed by atoms with Crippen LogP contribution in [-0.4, -0.2) is 22.7 Å². The van der Waals surface area contributed by atoms with Gasteiger partial charge >= 0.3 is 5.37 Å². The lowest BCUT2D eigenvalue weighted by Crippen LogP contribution is -2.31. The topological polar surface area (TPSA) is 37.4 Å². The van der Waals surface area contributed by atoms with E-state index in [0.29, 0.717) is 6.54 Å². The highest BCUT2D eigenvalue weighted by atomic mass is 35.5. The second kappa shape index (κ2) is 5.13. The van der Waals surface area contributed by atoms with Crippen molar-refractivity contribution in [3.63, 3.8) is 0 Å². The summed E-state index contributed by atoms with van der Waals surface area (Å²) in [5.74, 6) is -0.293. The molecule has 3 nitrogen and oxygen atoms in total. The highest BCUT2D eigenvalue weighted by Crippen LogP contribution is 2.00. The molecule has 0 fully saturated rings. The zero-order chi connectivity index (χ0) is 8.85. The maximum atomic E-state index is 10.7. The van der Waals surface area contributed by atoms with Crippen molar-refractivity contribution in [2.75, 3.05) is 6.54 Å². The van der Waals surface area contributed by atoms with E-state index in [9.17, 15) is 9.59 Å². The lowest BCUT2D eigenvalue weighted by Gasteiger charge is -2.13. The van der Waals surface area contributed by atoms with Gasteiger partial charge in [0.1, 0.15) is 0 Å². The van der Waals surface area contributed by atoms with Gasteiger partial charge in [0.05, 0.1) is 0 Å². The number of hydrogen-bond donors (Lipinski definition) is 0. The highest BCUT2D eigenvalue weighted by Gasteiger charge is 2.13. The van der Waals surface area contributed by atoms with Crippen molar-refractivity contribution in [2.45, 2.75) is 26.7 Å². The standard InChI is InChI=1S/C7H12ClNO2/c1-3-4-5-9(6(2)10)7(8)11/h3-5H2,1-2H3. The molecular weight excluding hydrogens is 166 g/mol. The van der Waals surface area contributed by atoms with Gasteiger partial charge in [-0.05, 0) is 18.0 Å². The molecular formula is C7H12ClNO2. The first kappa shape index (κ1) is 10.4. The maximum Gasteiger partial charge on any atom is 0.323 e. The first-order valence-electron chi connectivity index (χ1n) is 3.57. The van der Waals surface area contributed by atoms with Gasteiger partial charge in [-0.2, -0.15) is 0 Å². The van der Waals surface area contributed by atoms with Gasteiger partial charge in [-0.3, -0.25) is 14.5 Å². The molecule has 11 heavy (non-hydrogen) atoms. The Labute approximate surface area is 71.3 Å². The molecule has 0 saturated heterocycles. The molecule has 0 aliphatic carbocycles. The Morgan fingerprint density at radius 3 is 2.27 bits per heavy atom. The minimum atomic E-state index is -0.689. The molecule has 2 amide bonds. The van der Waals surface area contributed by atoms with Gasteiger partial charge in [-0.15, -0.1) is 0 Å². The molecule has 0 saturated carbocycles. The minimum absolute atomic E-state index is 0.293. The van der Waals surface area contributed by atoms with Crippen LogP contribution in [0, 0.1) is 0 Å². The molecule has 0 atom stereocenters. The number of unbranched alkanes of at least 4 members (excludes halogenated alkanes) is 1. The van der Waals surface area contributed by atoms with Gasteiger partial charge < -0.3 is 0 Å². The zero-order valence-electron chi connectivity index (χ0n) is 6.76. The van der Waals surface area contributed by atoms with E-state index in [2.05, 4.69) is 0 Å². The normalized spacial score (nSPS) is 9.36. The summed E-state index contributed by atoms with van der Waals surface area (Å²) in [6, 6.07) is 0. The van der Waals surface area contributed by atoms with Crippen LogP contribution in [0.5, 0.6) is 0 Å². The Morgan fingerprint density at radius 2 is 2.00 bits per heavy atom. The summed E-state index contributed by atoms with van der Waals surface area (Å²) in [5, 5.41) is -0.689. The molecule has 0 bridgehead atoms. The van der Waals surface area contributed by atoms with E-state index < -0.39 is 5.37 Å². The fourth-order valence-electron chi connectivity index (χ4n) is 0.685. The van der Waals surface area contributed by atoms with Gasteiger partial charge in [-0.25, -0.2) is 0 Å². The van der Waals surface area contributed by atoms with E-state index in [1.54, 1.807) is 0 Å². The molecule has 0 aromatic heterocycles. The van der Waals surface area contributed by atoms with Crippen LogP contribution in [0.2, 0.25) is 0 Å². The van der Waals surface area contributed by atoms with Gasteiger partial charge in [0.2, 0.25) is 5.91 Å². The number of hydrogen-bond acceptors (Lipinski definition) is 2. The van der Waals surface area contributed by atoms with Crippen molar-refractivity contribution in [1.29, 1.82) is 0 Å². The van der Waals surface area contributed by atoms with Crippen molar-refractivity contribution in [1.82, 2.24) is 4.90 Å². The molecule has 64 valence electrons. The third-order valence-corrected chi connectivity index (χ3v) is 1.53. The number of halogens is 1. The quantitative estimate of drug-likeness (QED) is 0.489. The summed E-state index contributed by atoms with van der Waals surface area (Å²) < 4.78 is 0. The van der Waals surface area contributed by atoms with Crippen LogP contribution in [0.4, 0.5) is 4.79 Å². The SMILES string of the molecule is CCCCN(C(C)=O)C(=O)Cl. The Balaban J connectivity index is 3.90. The molecule has 0 radical (unpaired) electrons. The Morgan fingerprint density at radius 1 is 1.45 bits per heavy atom. The van der Waals surface area contributed by atoms with E-state index in [0.717, 1.165) is 17.7 Å². The first-order chi connectivity index (χ1) is 5.09. The van der Waals surface area contributed by atoms with Crippen LogP contribution < -0.4 is 0 Å². The number of amides is 2. The van der Waals surface area contributed by atoms with E-state index >= 15 is 0 Å². The number of nitrogens with zero attached hydrogens (tertiary/aromatic N) is 1. The summed E-state index contributed by atoms with van der Waals surface area (Å²) in [5.41, 5.74) is 0. The number of imide groups is 1.